The third kappa shape index (κ3) is 3.28. The highest BCUT2D eigenvalue weighted by atomic mass is 15.2. The summed E-state index contributed by atoms with van der Waals surface area (Å²) >= 11 is 0. The highest BCUT2D eigenvalue weighted by Crippen LogP contribution is 2.36. The van der Waals surface area contributed by atoms with E-state index in [1.165, 1.54) is 25.7 Å². The molecule has 2 fully saturated rings. The molecule has 3 nitrogen and oxygen atoms in total. The molecule has 0 bridgehead atoms. The highest BCUT2D eigenvalue weighted by Gasteiger charge is 2.36. The van der Waals surface area contributed by atoms with E-state index < -0.39 is 0 Å². The average Bonchev–Trinajstić information content (AvgIpc) is 3.23. The van der Waals surface area contributed by atoms with E-state index in [0.717, 1.165) is 54.2 Å². The molecule has 1 heterocycles. The summed E-state index contributed by atoms with van der Waals surface area (Å²) in [6.07, 6.45) is 7.29. The van der Waals surface area contributed by atoms with Gasteiger partial charge in [-0.3, -0.25) is 0 Å². The fraction of sp³-hybridized carbons (Fsp3) is 0.435. The number of rotatable bonds is 3. The van der Waals surface area contributed by atoms with Gasteiger partial charge in [-0.05, 0) is 48.4 Å². The third-order valence-electron chi connectivity index (χ3n) is 6.31. The monoisotopic (exact) mass is 345 g/mol. The van der Waals surface area contributed by atoms with Crippen molar-refractivity contribution in [1.82, 2.24) is 4.90 Å². The average molecular weight is 345 g/mol. The maximum absolute atomic E-state index is 9.74. The van der Waals surface area contributed by atoms with Crippen LogP contribution >= 0.6 is 0 Å². The van der Waals surface area contributed by atoms with E-state index >= 15 is 0 Å². The molecule has 4 rings (SSSR count). The van der Waals surface area contributed by atoms with Gasteiger partial charge in [-0.15, -0.1) is 0 Å². The highest BCUT2D eigenvalue weighted by molar-refractivity contribution is 5.66. The largest absolute Gasteiger partial charge is 0.321 e. The predicted molar refractivity (Wildman–Crippen MR) is 106 cm³/mol. The molecule has 0 radical (unpaired) electrons. The fourth-order valence-electron chi connectivity index (χ4n) is 4.71. The lowest BCUT2D eigenvalue weighted by molar-refractivity contribution is 0.118. The van der Waals surface area contributed by atoms with Crippen LogP contribution in [0.25, 0.3) is 11.1 Å². The zero-order chi connectivity index (χ0) is 18.0. The quantitative estimate of drug-likeness (QED) is 0.896. The number of nitrogens with zero attached hydrogens (tertiary/aromatic N) is 2. The van der Waals surface area contributed by atoms with Crippen molar-refractivity contribution < 1.29 is 0 Å². The van der Waals surface area contributed by atoms with Crippen LogP contribution in [0.3, 0.4) is 0 Å². The van der Waals surface area contributed by atoms with Gasteiger partial charge in [0.2, 0.25) is 0 Å². The standard InChI is InChI=1S/C23H27N3/c24-17-20-16-19(18-6-2-1-3-7-18)10-11-22(20)23(25)12-14-26(15-13-23)21-8-4-5-9-21/h1-3,6-7,10-11,16,21H,4-5,8-9,12-15,25H2. The normalized spacial score (nSPS) is 20.8. The Kier molecular flexibility index (Phi) is 4.80. The van der Waals surface area contributed by atoms with Crippen molar-refractivity contribution >= 4 is 0 Å². The lowest BCUT2D eigenvalue weighted by Gasteiger charge is -2.42. The third-order valence-corrected chi connectivity index (χ3v) is 6.31. The number of nitrogens with two attached hydrogens (primary N) is 1. The second-order valence-electron chi connectivity index (χ2n) is 7.87. The molecule has 0 spiro atoms. The van der Waals surface area contributed by atoms with E-state index in [2.05, 4.69) is 35.2 Å². The molecule has 26 heavy (non-hydrogen) atoms. The van der Waals surface area contributed by atoms with Gasteiger partial charge < -0.3 is 10.6 Å². The van der Waals surface area contributed by atoms with Crippen molar-refractivity contribution in [2.45, 2.75) is 50.1 Å². The lowest BCUT2D eigenvalue weighted by atomic mass is 9.78. The van der Waals surface area contributed by atoms with Crippen LogP contribution in [0.5, 0.6) is 0 Å². The summed E-state index contributed by atoms with van der Waals surface area (Å²) in [6.45, 7) is 2.10. The van der Waals surface area contributed by atoms with Crippen LogP contribution in [0.15, 0.2) is 48.5 Å². The Labute approximate surface area is 156 Å². The van der Waals surface area contributed by atoms with Gasteiger partial charge in [0, 0.05) is 24.7 Å². The minimum atomic E-state index is -0.380. The SMILES string of the molecule is N#Cc1cc(-c2ccccc2)ccc1C1(N)CCN(C2CCCC2)CC1. The molecule has 0 amide bonds. The second kappa shape index (κ2) is 7.23. The van der Waals surface area contributed by atoms with Gasteiger partial charge >= 0.3 is 0 Å². The van der Waals surface area contributed by atoms with Gasteiger partial charge in [0.05, 0.1) is 11.6 Å². The van der Waals surface area contributed by atoms with Gasteiger partial charge in [0.25, 0.3) is 0 Å². The second-order valence-corrected chi connectivity index (χ2v) is 7.87. The first-order valence-corrected chi connectivity index (χ1v) is 9.83. The Hall–Kier alpha value is -2.15. The molecule has 3 heteroatoms. The van der Waals surface area contributed by atoms with E-state index in [1.54, 1.807) is 0 Å². The van der Waals surface area contributed by atoms with Crippen LogP contribution in [0, 0.1) is 11.3 Å². The summed E-state index contributed by atoms with van der Waals surface area (Å²) in [6, 6.07) is 19.6. The van der Waals surface area contributed by atoms with E-state index in [4.69, 9.17) is 5.73 Å². The molecular weight excluding hydrogens is 318 g/mol. The first-order valence-electron chi connectivity index (χ1n) is 9.83. The number of nitriles is 1. The van der Waals surface area contributed by atoms with Crippen molar-refractivity contribution in [2.75, 3.05) is 13.1 Å². The van der Waals surface area contributed by atoms with Crippen LogP contribution in [0.4, 0.5) is 0 Å². The summed E-state index contributed by atoms with van der Waals surface area (Å²) in [4.78, 5) is 2.63. The molecule has 2 aromatic rings. The van der Waals surface area contributed by atoms with Crippen LogP contribution in [-0.2, 0) is 5.54 Å². The Morgan fingerprint density at radius 3 is 2.31 bits per heavy atom. The van der Waals surface area contributed by atoms with Crippen molar-refractivity contribution in [3.63, 3.8) is 0 Å². The molecule has 0 unspecified atom stereocenters. The minimum absolute atomic E-state index is 0.380. The summed E-state index contributed by atoms with van der Waals surface area (Å²) in [5.74, 6) is 0. The molecule has 1 saturated heterocycles. The van der Waals surface area contributed by atoms with E-state index in [9.17, 15) is 5.26 Å². The molecule has 1 saturated carbocycles. The zero-order valence-electron chi connectivity index (χ0n) is 15.3. The van der Waals surface area contributed by atoms with Crippen LogP contribution < -0.4 is 5.73 Å². The minimum Gasteiger partial charge on any atom is -0.321 e. The van der Waals surface area contributed by atoms with E-state index in [-0.39, 0.29) is 5.54 Å². The molecule has 2 aromatic carbocycles. The predicted octanol–water partition coefficient (Wildman–Crippen LogP) is 4.42. The topological polar surface area (TPSA) is 53.1 Å². The van der Waals surface area contributed by atoms with Gasteiger partial charge in [-0.25, -0.2) is 0 Å². The van der Waals surface area contributed by atoms with E-state index in [0.29, 0.717) is 0 Å². The summed E-state index contributed by atoms with van der Waals surface area (Å²) in [7, 11) is 0. The molecule has 1 aliphatic heterocycles. The van der Waals surface area contributed by atoms with Crippen molar-refractivity contribution in [3.05, 3.63) is 59.7 Å². The van der Waals surface area contributed by atoms with Gasteiger partial charge in [-0.1, -0.05) is 55.3 Å². The zero-order valence-corrected chi connectivity index (χ0v) is 15.3. The van der Waals surface area contributed by atoms with Gasteiger partial charge in [-0.2, -0.15) is 5.26 Å². The Bertz CT molecular complexity index is 792. The van der Waals surface area contributed by atoms with Crippen LogP contribution in [0.2, 0.25) is 0 Å². The number of benzene rings is 2. The Morgan fingerprint density at radius 1 is 0.962 bits per heavy atom. The summed E-state index contributed by atoms with van der Waals surface area (Å²) < 4.78 is 0. The molecule has 134 valence electrons. The number of hydrogen-bond acceptors (Lipinski definition) is 3. The molecule has 0 aromatic heterocycles. The van der Waals surface area contributed by atoms with Crippen molar-refractivity contribution in [3.8, 4) is 17.2 Å². The first kappa shape index (κ1) is 17.3. The molecular formula is C23H27N3. The fourth-order valence-corrected chi connectivity index (χ4v) is 4.71. The maximum Gasteiger partial charge on any atom is 0.0995 e. The van der Waals surface area contributed by atoms with Crippen molar-refractivity contribution in [1.29, 1.82) is 5.26 Å². The number of likely N-dealkylation sites (tertiary alicyclic amines) is 1. The maximum atomic E-state index is 9.74. The molecule has 2 aliphatic rings. The number of piperidine rings is 1. The van der Waals surface area contributed by atoms with Crippen LogP contribution in [0.1, 0.15) is 49.7 Å². The van der Waals surface area contributed by atoms with Gasteiger partial charge in [0.15, 0.2) is 0 Å². The smallest absolute Gasteiger partial charge is 0.0995 e. The summed E-state index contributed by atoms with van der Waals surface area (Å²) in [5, 5.41) is 9.74. The Morgan fingerprint density at radius 2 is 1.65 bits per heavy atom. The lowest BCUT2D eigenvalue weighted by Crippen LogP contribution is -2.50. The van der Waals surface area contributed by atoms with Gasteiger partial charge in [0.1, 0.15) is 0 Å². The molecule has 0 atom stereocenters. The molecule has 2 N–H and O–H groups in total. The first-order chi connectivity index (χ1) is 12.7. The molecule has 1 aliphatic carbocycles. The summed E-state index contributed by atoms with van der Waals surface area (Å²) in [5.41, 5.74) is 10.4. The Balaban J connectivity index is 1.56. The number of hydrogen-bond donors (Lipinski definition) is 1. The van der Waals surface area contributed by atoms with Crippen LogP contribution in [-0.4, -0.2) is 24.0 Å². The van der Waals surface area contributed by atoms with E-state index in [1.807, 2.05) is 24.3 Å². The van der Waals surface area contributed by atoms with Crippen molar-refractivity contribution in [2.24, 2.45) is 5.73 Å².